The molecule has 3 rings (SSSR count). The van der Waals surface area contributed by atoms with Gasteiger partial charge in [0, 0.05) is 33.2 Å². The molecule has 0 unspecified atom stereocenters. The van der Waals surface area contributed by atoms with Gasteiger partial charge in [0.2, 0.25) is 20.0 Å². The molecule has 1 aliphatic rings. The fourth-order valence-electron chi connectivity index (χ4n) is 3.65. The molecule has 29 heavy (non-hydrogen) atoms. The third-order valence-corrected chi connectivity index (χ3v) is 9.49. The highest BCUT2D eigenvalue weighted by molar-refractivity contribution is 7.89. The molecule has 1 fully saturated rings. The molecule has 2 aromatic rings. The predicted octanol–water partition coefficient (Wildman–Crippen LogP) is 1.68. The molecular formula is C19H28N4O4S2. The van der Waals surface area contributed by atoms with Crippen molar-refractivity contribution in [2.75, 3.05) is 26.2 Å². The summed E-state index contributed by atoms with van der Waals surface area (Å²) in [6.07, 6.45) is 1.27. The van der Waals surface area contributed by atoms with Crippen molar-refractivity contribution < 1.29 is 16.8 Å². The van der Waals surface area contributed by atoms with Crippen LogP contribution in [0, 0.1) is 13.8 Å². The summed E-state index contributed by atoms with van der Waals surface area (Å²) >= 11 is 0. The van der Waals surface area contributed by atoms with Crippen LogP contribution in [0.25, 0.3) is 0 Å². The first kappa shape index (κ1) is 21.9. The van der Waals surface area contributed by atoms with Crippen molar-refractivity contribution >= 4 is 20.0 Å². The van der Waals surface area contributed by atoms with Crippen molar-refractivity contribution in [1.82, 2.24) is 18.4 Å². The van der Waals surface area contributed by atoms with E-state index in [1.165, 1.54) is 8.61 Å². The van der Waals surface area contributed by atoms with Crippen LogP contribution in [0.15, 0.2) is 34.1 Å². The third-order valence-electron chi connectivity index (χ3n) is 5.42. The lowest BCUT2D eigenvalue weighted by atomic mass is 10.2. The Kier molecular flexibility index (Phi) is 6.19. The first-order chi connectivity index (χ1) is 13.6. The normalized spacial score (nSPS) is 17.4. The van der Waals surface area contributed by atoms with Crippen LogP contribution in [-0.2, 0) is 33.5 Å². The van der Waals surface area contributed by atoms with E-state index in [0.717, 1.165) is 12.0 Å². The fraction of sp³-hybridized carbons (Fsp3) is 0.526. The molecule has 8 nitrogen and oxygen atoms in total. The Hall–Kier alpha value is -1.75. The lowest BCUT2D eigenvalue weighted by molar-refractivity contribution is 0.404. The highest BCUT2D eigenvalue weighted by Crippen LogP contribution is 2.25. The van der Waals surface area contributed by atoms with Gasteiger partial charge >= 0.3 is 0 Å². The van der Waals surface area contributed by atoms with Crippen molar-refractivity contribution in [2.24, 2.45) is 7.05 Å². The Morgan fingerprint density at radius 1 is 0.897 bits per heavy atom. The van der Waals surface area contributed by atoms with E-state index >= 15 is 0 Å². The molecule has 0 atom stereocenters. The second kappa shape index (κ2) is 8.17. The van der Waals surface area contributed by atoms with Gasteiger partial charge in [0.15, 0.2) is 0 Å². The van der Waals surface area contributed by atoms with E-state index in [1.54, 1.807) is 37.7 Å². The fourth-order valence-corrected chi connectivity index (χ4v) is 6.99. The molecule has 2 heterocycles. The summed E-state index contributed by atoms with van der Waals surface area (Å²) in [5.74, 6) is 0. The summed E-state index contributed by atoms with van der Waals surface area (Å²) in [6, 6.07) is 6.87. The highest BCUT2D eigenvalue weighted by atomic mass is 32.2. The van der Waals surface area contributed by atoms with Crippen LogP contribution < -0.4 is 0 Å². The van der Waals surface area contributed by atoms with Gasteiger partial charge in [0.1, 0.15) is 4.90 Å². The van der Waals surface area contributed by atoms with Gasteiger partial charge in [-0.15, -0.1) is 0 Å². The molecule has 1 saturated heterocycles. The molecule has 10 heteroatoms. The van der Waals surface area contributed by atoms with Gasteiger partial charge < -0.3 is 0 Å². The van der Waals surface area contributed by atoms with Gasteiger partial charge in [0.25, 0.3) is 0 Å². The maximum atomic E-state index is 13.2. The minimum Gasteiger partial charge on any atom is -0.271 e. The minimum absolute atomic E-state index is 0.113. The van der Waals surface area contributed by atoms with Crippen LogP contribution in [0.5, 0.6) is 0 Å². The monoisotopic (exact) mass is 440 g/mol. The number of benzene rings is 1. The number of aromatic nitrogens is 2. The second-order valence-electron chi connectivity index (χ2n) is 7.28. The standard InChI is InChI=1S/C19H28N4O4S2/c1-5-17-7-9-18(10-8-17)28(24,25)22-11-6-12-23(14-13-22)29(26,27)19-15(2)20-21(4)16(19)3/h7-10H,5-6,11-14H2,1-4H3. The van der Waals surface area contributed by atoms with Crippen molar-refractivity contribution in [2.45, 2.75) is 43.4 Å². The summed E-state index contributed by atoms with van der Waals surface area (Å²) in [7, 11) is -5.69. The highest BCUT2D eigenvalue weighted by Gasteiger charge is 2.34. The summed E-state index contributed by atoms with van der Waals surface area (Å²) in [5, 5.41) is 4.21. The number of hydrogen-bond acceptors (Lipinski definition) is 5. The minimum atomic E-state index is -3.74. The smallest absolute Gasteiger partial charge is 0.246 e. The number of rotatable bonds is 5. The molecule has 0 N–H and O–H groups in total. The summed E-state index contributed by atoms with van der Waals surface area (Å²) in [4.78, 5) is 0.455. The van der Waals surface area contributed by atoms with E-state index < -0.39 is 20.0 Å². The Morgan fingerprint density at radius 2 is 1.45 bits per heavy atom. The zero-order valence-electron chi connectivity index (χ0n) is 17.3. The van der Waals surface area contributed by atoms with Crippen molar-refractivity contribution in [3.8, 4) is 0 Å². The summed E-state index contributed by atoms with van der Waals surface area (Å²) < 4.78 is 56.7. The van der Waals surface area contributed by atoms with Crippen LogP contribution >= 0.6 is 0 Å². The van der Waals surface area contributed by atoms with Gasteiger partial charge in [-0.3, -0.25) is 4.68 Å². The van der Waals surface area contributed by atoms with Crippen LogP contribution in [0.3, 0.4) is 0 Å². The third kappa shape index (κ3) is 4.11. The maximum absolute atomic E-state index is 13.2. The van der Waals surface area contributed by atoms with Gasteiger partial charge in [-0.2, -0.15) is 13.7 Å². The van der Waals surface area contributed by atoms with Gasteiger partial charge in [-0.05, 0) is 44.4 Å². The SMILES string of the molecule is CCc1ccc(S(=O)(=O)N2CCCN(S(=O)(=O)c3c(C)nn(C)c3C)CC2)cc1. The number of nitrogens with zero attached hydrogens (tertiary/aromatic N) is 4. The molecule has 0 amide bonds. The summed E-state index contributed by atoms with van der Waals surface area (Å²) in [6.45, 7) is 6.21. The Balaban J connectivity index is 1.82. The largest absolute Gasteiger partial charge is 0.271 e. The maximum Gasteiger partial charge on any atom is 0.246 e. The van der Waals surface area contributed by atoms with Crippen molar-refractivity contribution in [3.05, 3.63) is 41.2 Å². The zero-order chi connectivity index (χ0) is 21.4. The number of sulfonamides is 2. The van der Waals surface area contributed by atoms with Crippen molar-refractivity contribution in [1.29, 1.82) is 0 Å². The first-order valence-corrected chi connectivity index (χ1v) is 12.6. The van der Waals surface area contributed by atoms with E-state index in [2.05, 4.69) is 5.10 Å². The van der Waals surface area contributed by atoms with Crippen LogP contribution in [0.1, 0.15) is 30.3 Å². The summed E-state index contributed by atoms with van der Waals surface area (Å²) in [5.41, 5.74) is 2.10. The molecule has 0 aliphatic carbocycles. The van der Waals surface area contributed by atoms with E-state index in [1.807, 2.05) is 19.1 Å². The van der Waals surface area contributed by atoms with E-state index in [0.29, 0.717) is 17.8 Å². The Labute approximate surface area is 173 Å². The molecule has 0 spiro atoms. The topological polar surface area (TPSA) is 92.6 Å². The number of aryl methyl sites for hydroxylation is 3. The zero-order valence-corrected chi connectivity index (χ0v) is 18.9. The van der Waals surface area contributed by atoms with Crippen molar-refractivity contribution in [3.63, 3.8) is 0 Å². The molecule has 0 saturated carbocycles. The molecule has 0 bridgehead atoms. The van der Waals surface area contributed by atoms with Gasteiger partial charge in [-0.1, -0.05) is 19.1 Å². The van der Waals surface area contributed by atoms with Crippen LogP contribution in [0.2, 0.25) is 0 Å². The quantitative estimate of drug-likeness (QED) is 0.705. The Morgan fingerprint density at radius 3 is 1.93 bits per heavy atom. The lowest BCUT2D eigenvalue weighted by Crippen LogP contribution is -2.37. The second-order valence-corrected chi connectivity index (χ2v) is 11.1. The van der Waals surface area contributed by atoms with E-state index in [4.69, 9.17) is 0 Å². The molecule has 1 aromatic carbocycles. The first-order valence-electron chi connectivity index (χ1n) is 9.68. The molecule has 160 valence electrons. The van der Waals surface area contributed by atoms with Gasteiger partial charge in [0.05, 0.1) is 16.3 Å². The van der Waals surface area contributed by atoms with E-state index in [9.17, 15) is 16.8 Å². The Bertz CT molecular complexity index is 1090. The average Bonchev–Trinajstić information content (AvgIpc) is 2.85. The van der Waals surface area contributed by atoms with Gasteiger partial charge in [-0.25, -0.2) is 16.8 Å². The van der Waals surface area contributed by atoms with Crippen LogP contribution in [0.4, 0.5) is 0 Å². The average molecular weight is 441 g/mol. The van der Waals surface area contributed by atoms with Crippen LogP contribution in [-0.4, -0.2) is 61.4 Å². The lowest BCUT2D eigenvalue weighted by Gasteiger charge is -2.22. The predicted molar refractivity (Wildman–Crippen MR) is 111 cm³/mol. The number of hydrogen-bond donors (Lipinski definition) is 0. The molecule has 0 radical (unpaired) electrons. The molecule has 1 aliphatic heterocycles. The van der Waals surface area contributed by atoms with E-state index in [-0.39, 0.29) is 36.0 Å². The molecule has 1 aromatic heterocycles. The molecular weight excluding hydrogens is 412 g/mol.